The minimum atomic E-state index is 0.125. The van der Waals surface area contributed by atoms with Gasteiger partial charge in [-0.25, -0.2) is 4.98 Å². The Labute approximate surface area is 169 Å². The van der Waals surface area contributed by atoms with E-state index < -0.39 is 0 Å². The Balaban J connectivity index is 2.26. The van der Waals surface area contributed by atoms with E-state index >= 15 is 0 Å². The number of hydrogen-bond donors (Lipinski definition) is 1. The molecule has 29 heavy (non-hydrogen) atoms. The number of benzene rings is 2. The Hall–Kier alpha value is -3.92. The van der Waals surface area contributed by atoms with Gasteiger partial charge in [0.15, 0.2) is 11.5 Å². The predicted molar refractivity (Wildman–Crippen MR) is 110 cm³/mol. The van der Waals surface area contributed by atoms with Crippen LogP contribution in [0.4, 0.5) is 5.82 Å². The van der Waals surface area contributed by atoms with Crippen molar-refractivity contribution >= 4 is 5.82 Å². The van der Waals surface area contributed by atoms with Crippen molar-refractivity contribution in [3.8, 4) is 51.5 Å². The molecule has 7 nitrogen and oxygen atoms in total. The summed E-state index contributed by atoms with van der Waals surface area (Å²) in [7, 11) is 6.28. The number of rotatable bonds is 6. The molecule has 0 aliphatic rings. The van der Waals surface area contributed by atoms with Gasteiger partial charge >= 0.3 is 0 Å². The fraction of sp³-hybridized carbons (Fsp3) is 0.182. The second-order valence-electron chi connectivity index (χ2n) is 6.06. The molecule has 2 N–H and O–H groups in total. The first-order chi connectivity index (χ1) is 14.1. The maximum Gasteiger partial charge on any atom is 0.161 e. The monoisotopic (exact) mass is 391 g/mol. The molecule has 3 rings (SSSR count). The minimum Gasteiger partial charge on any atom is -0.497 e. The van der Waals surface area contributed by atoms with E-state index in [-0.39, 0.29) is 11.4 Å². The Morgan fingerprint density at radius 2 is 1.48 bits per heavy atom. The lowest BCUT2D eigenvalue weighted by Gasteiger charge is -2.15. The number of ether oxygens (including phenoxy) is 4. The van der Waals surface area contributed by atoms with E-state index in [9.17, 15) is 5.26 Å². The lowest BCUT2D eigenvalue weighted by molar-refractivity contribution is 0.355. The van der Waals surface area contributed by atoms with Crippen molar-refractivity contribution in [3.05, 3.63) is 48.0 Å². The van der Waals surface area contributed by atoms with Crippen LogP contribution in [-0.4, -0.2) is 33.4 Å². The smallest absolute Gasteiger partial charge is 0.161 e. The summed E-state index contributed by atoms with van der Waals surface area (Å²) in [5, 5.41) is 9.66. The number of nitrogens with two attached hydrogens (primary N) is 1. The van der Waals surface area contributed by atoms with Gasteiger partial charge in [0.1, 0.15) is 28.9 Å². The highest BCUT2D eigenvalue weighted by Crippen LogP contribution is 2.39. The molecule has 0 aliphatic heterocycles. The van der Waals surface area contributed by atoms with Crippen molar-refractivity contribution in [3.63, 3.8) is 0 Å². The van der Waals surface area contributed by atoms with Gasteiger partial charge in [0.25, 0.3) is 0 Å². The second kappa shape index (κ2) is 8.40. The SMILES string of the molecule is COc1ccc(OC)c(-c2cc(-c3ccc(OC)c(OC)c3)c(C#N)c(N)n2)c1. The van der Waals surface area contributed by atoms with E-state index in [2.05, 4.69) is 11.1 Å². The first-order valence-electron chi connectivity index (χ1n) is 8.71. The van der Waals surface area contributed by atoms with E-state index in [1.807, 2.05) is 12.1 Å². The number of nitrogen functional groups attached to an aromatic ring is 1. The number of aromatic nitrogens is 1. The third-order valence-corrected chi connectivity index (χ3v) is 4.54. The average molecular weight is 391 g/mol. The molecular weight excluding hydrogens is 370 g/mol. The fourth-order valence-electron chi connectivity index (χ4n) is 3.07. The zero-order chi connectivity index (χ0) is 21.0. The largest absolute Gasteiger partial charge is 0.497 e. The van der Waals surface area contributed by atoms with Crippen molar-refractivity contribution in [2.45, 2.75) is 0 Å². The number of nitrogens with zero attached hydrogens (tertiary/aromatic N) is 2. The van der Waals surface area contributed by atoms with Crippen molar-refractivity contribution in [1.82, 2.24) is 4.98 Å². The van der Waals surface area contributed by atoms with Gasteiger partial charge in [-0.05, 0) is 42.0 Å². The highest BCUT2D eigenvalue weighted by molar-refractivity contribution is 5.82. The normalized spacial score (nSPS) is 10.2. The van der Waals surface area contributed by atoms with Crippen LogP contribution in [0, 0.1) is 11.3 Å². The first-order valence-corrected chi connectivity index (χ1v) is 8.71. The fourth-order valence-corrected chi connectivity index (χ4v) is 3.07. The zero-order valence-corrected chi connectivity index (χ0v) is 16.6. The van der Waals surface area contributed by atoms with Gasteiger partial charge in [-0.2, -0.15) is 5.26 Å². The molecule has 0 bridgehead atoms. The van der Waals surface area contributed by atoms with E-state index in [1.165, 1.54) is 0 Å². The van der Waals surface area contributed by atoms with E-state index in [1.54, 1.807) is 58.8 Å². The summed E-state index contributed by atoms with van der Waals surface area (Å²) in [4.78, 5) is 4.42. The summed E-state index contributed by atoms with van der Waals surface area (Å²) < 4.78 is 21.5. The molecule has 0 fully saturated rings. The molecule has 3 aromatic rings. The van der Waals surface area contributed by atoms with E-state index in [0.29, 0.717) is 39.8 Å². The van der Waals surface area contributed by atoms with Crippen molar-refractivity contribution < 1.29 is 18.9 Å². The second-order valence-corrected chi connectivity index (χ2v) is 6.06. The van der Waals surface area contributed by atoms with Gasteiger partial charge in [-0.3, -0.25) is 0 Å². The molecule has 0 aliphatic carbocycles. The van der Waals surface area contributed by atoms with Gasteiger partial charge in [0.2, 0.25) is 0 Å². The van der Waals surface area contributed by atoms with Crippen LogP contribution in [-0.2, 0) is 0 Å². The molecule has 7 heteroatoms. The molecule has 0 saturated carbocycles. The number of hydrogen-bond acceptors (Lipinski definition) is 7. The van der Waals surface area contributed by atoms with Gasteiger partial charge in [0.05, 0.1) is 34.1 Å². The zero-order valence-electron chi connectivity index (χ0n) is 16.6. The Morgan fingerprint density at radius 1 is 0.793 bits per heavy atom. The Bertz CT molecular complexity index is 1090. The molecule has 1 aromatic heterocycles. The maximum absolute atomic E-state index is 9.66. The van der Waals surface area contributed by atoms with Crippen LogP contribution < -0.4 is 24.7 Å². The summed E-state index contributed by atoms with van der Waals surface area (Å²) in [6, 6.07) is 14.7. The van der Waals surface area contributed by atoms with Crippen molar-refractivity contribution in [1.29, 1.82) is 5.26 Å². The Morgan fingerprint density at radius 3 is 2.10 bits per heavy atom. The highest BCUT2D eigenvalue weighted by atomic mass is 16.5. The number of methoxy groups -OCH3 is 4. The van der Waals surface area contributed by atoms with Crippen molar-refractivity contribution in [2.24, 2.45) is 0 Å². The molecule has 0 radical (unpaired) electrons. The summed E-state index contributed by atoms with van der Waals surface area (Å²) in [6.07, 6.45) is 0. The summed E-state index contributed by atoms with van der Waals surface area (Å²) in [5.74, 6) is 2.52. The van der Waals surface area contributed by atoms with Crippen LogP contribution in [0.15, 0.2) is 42.5 Å². The Kier molecular flexibility index (Phi) is 5.74. The molecule has 0 amide bonds. The number of anilines is 1. The van der Waals surface area contributed by atoms with Crippen LogP contribution in [0.25, 0.3) is 22.4 Å². The quantitative estimate of drug-likeness (QED) is 0.680. The van der Waals surface area contributed by atoms with Crippen LogP contribution in [0.5, 0.6) is 23.0 Å². The van der Waals surface area contributed by atoms with Crippen LogP contribution in [0.2, 0.25) is 0 Å². The van der Waals surface area contributed by atoms with Gasteiger partial charge < -0.3 is 24.7 Å². The van der Waals surface area contributed by atoms with Gasteiger partial charge in [-0.15, -0.1) is 0 Å². The summed E-state index contributed by atoms with van der Waals surface area (Å²) in [5.41, 5.74) is 9.04. The van der Waals surface area contributed by atoms with Gasteiger partial charge in [-0.1, -0.05) is 6.07 Å². The molecule has 2 aromatic carbocycles. The summed E-state index contributed by atoms with van der Waals surface area (Å²) >= 11 is 0. The first kappa shape index (κ1) is 19.8. The number of nitriles is 1. The molecule has 1 heterocycles. The molecule has 0 atom stereocenters. The van der Waals surface area contributed by atoms with Crippen LogP contribution >= 0.6 is 0 Å². The summed E-state index contributed by atoms with van der Waals surface area (Å²) in [6.45, 7) is 0. The molecule has 0 spiro atoms. The topological polar surface area (TPSA) is 99.6 Å². The molecule has 148 valence electrons. The predicted octanol–water partition coefficient (Wildman–Crippen LogP) is 3.90. The molecule has 0 unspecified atom stereocenters. The highest BCUT2D eigenvalue weighted by Gasteiger charge is 2.17. The molecular formula is C22H21N3O4. The van der Waals surface area contributed by atoms with Crippen molar-refractivity contribution in [2.75, 3.05) is 34.2 Å². The maximum atomic E-state index is 9.66. The van der Waals surface area contributed by atoms with E-state index in [0.717, 1.165) is 5.56 Å². The third kappa shape index (κ3) is 3.73. The average Bonchev–Trinajstić information content (AvgIpc) is 2.77. The van der Waals surface area contributed by atoms with Gasteiger partial charge in [0, 0.05) is 11.1 Å². The van der Waals surface area contributed by atoms with Crippen LogP contribution in [0.1, 0.15) is 5.56 Å². The standard InChI is InChI=1S/C22H21N3O4/c1-26-14-6-8-19(27-2)16(10-14)18-11-15(17(12-23)22(24)25-18)13-5-7-20(28-3)21(9-13)29-4/h5-11H,1-4H3,(H2,24,25). The third-order valence-electron chi connectivity index (χ3n) is 4.54. The number of pyridine rings is 1. The molecule has 0 saturated heterocycles. The lowest BCUT2D eigenvalue weighted by Crippen LogP contribution is -2.01. The lowest BCUT2D eigenvalue weighted by atomic mass is 9.97. The van der Waals surface area contributed by atoms with E-state index in [4.69, 9.17) is 24.7 Å². The minimum absolute atomic E-state index is 0.125. The van der Waals surface area contributed by atoms with Crippen LogP contribution in [0.3, 0.4) is 0 Å².